The van der Waals surface area contributed by atoms with Crippen LogP contribution in [0, 0.1) is 6.92 Å². The zero-order chi connectivity index (χ0) is 14.7. The Labute approximate surface area is 137 Å². The summed E-state index contributed by atoms with van der Waals surface area (Å²) in [6.45, 7) is 5.28. The molecule has 0 saturated carbocycles. The van der Waals surface area contributed by atoms with Crippen LogP contribution >= 0.6 is 27.3 Å². The van der Waals surface area contributed by atoms with E-state index in [2.05, 4.69) is 48.2 Å². The Morgan fingerprint density at radius 3 is 3.10 bits per heavy atom. The molecule has 1 saturated heterocycles. The number of rotatable bonds is 4. The Balaban J connectivity index is 1.58. The van der Waals surface area contributed by atoms with Crippen molar-refractivity contribution in [1.82, 2.24) is 14.9 Å². The van der Waals surface area contributed by atoms with Crippen LogP contribution < -0.4 is 5.32 Å². The summed E-state index contributed by atoms with van der Waals surface area (Å²) in [5.74, 6) is 0.938. The zero-order valence-electron chi connectivity index (χ0n) is 12.1. The molecule has 112 valence electrons. The van der Waals surface area contributed by atoms with E-state index in [1.165, 1.54) is 28.0 Å². The van der Waals surface area contributed by atoms with Gasteiger partial charge in [-0.25, -0.2) is 9.97 Å². The lowest BCUT2D eigenvalue weighted by Crippen LogP contribution is -2.41. The van der Waals surface area contributed by atoms with E-state index in [1.54, 1.807) is 6.33 Å². The van der Waals surface area contributed by atoms with Crippen LogP contribution in [0.3, 0.4) is 0 Å². The molecule has 0 aromatic carbocycles. The van der Waals surface area contributed by atoms with Crippen LogP contribution in [0.1, 0.15) is 23.4 Å². The molecule has 2 aromatic rings. The third-order valence-electron chi connectivity index (χ3n) is 3.67. The lowest BCUT2D eigenvalue weighted by molar-refractivity contribution is 0.210. The van der Waals surface area contributed by atoms with Crippen molar-refractivity contribution in [2.75, 3.05) is 18.4 Å². The Morgan fingerprint density at radius 1 is 1.43 bits per heavy atom. The highest BCUT2D eigenvalue weighted by Gasteiger charge is 2.20. The SMILES string of the molecule is Cc1cc(NC2CCCN(Cc3ccc(Br)s3)C2)ncn1. The van der Waals surface area contributed by atoms with Gasteiger partial charge in [0.25, 0.3) is 0 Å². The first kappa shape index (κ1) is 14.9. The molecule has 21 heavy (non-hydrogen) atoms. The van der Waals surface area contributed by atoms with Crippen LogP contribution in [-0.2, 0) is 6.54 Å². The molecule has 0 spiro atoms. The number of anilines is 1. The van der Waals surface area contributed by atoms with Gasteiger partial charge in [-0.15, -0.1) is 11.3 Å². The molecule has 3 rings (SSSR count). The van der Waals surface area contributed by atoms with E-state index in [9.17, 15) is 0 Å². The Hall–Kier alpha value is -0.980. The number of likely N-dealkylation sites (tertiary alicyclic amines) is 1. The van der Waals surface area contributed by atoms with Crippen molar-refractivity contribution in [3.63, 3.8) is 0 Å². The minimum atomic E-state index is 0.469. The number of nitrogens with zero attached hydrogens (tertiary/aromatic N) is 3. The van der Waals surface area contributed by atoms with Crippen LogP contribution in [-0.4, -0.2) is 34.0 Å². The van der Waals surface area contributed by atoms with E-state index in [4.69, 9.17) is 0 Å². The second-order valence-corrected chi connectivity index (χ2v) is 8.02. The predicted octanol–water partition coefficient (Wildman–Crippen LogP) is 3.69. The molecule has 0 bridgehead atoms. The summed E-state index contributed by atoms with van der Waals surface area (Å²) < 4.78 is 1.21. The number of hydrogen-bond acceptors (Lipinski definition) is 5. The van der Waals surface area contributed by atoms with Crippen molar-refractivity contribution in [1.29, 1.82) is 0 Å². The van der Waals surface area contributed by atoms with Crippen LogP contribution in [0.2, 0.25) is 0 Å². The molecule has 2 aromatic heterocycles. The Kier molecular flexibility index (Phi) is 4.87. The van der Waals surface area contributed by atoms with Gasteiger partial charge in [0.05, 0.1) is 3.79 Å². The lowest BCUT2D eigenvalue weighted by atomic mass is 10.1. The van der Waals surface area contributed by atoms with E-state index in [-0.39, 0.29) is 0 Å². The fourth-order valence-electron chi connectivity index (χ4n) is 2.72. The van der Waals surface area contributed by atoms with E-state index >= 15 is 0 Å². The quantitative estimate of drug-likeness (QED) is 0.895. The monoisotopic (exact) mass is 366 g/mol. The number of aromatic nitrogens is 2. The molecular weight excluding hydrogens is 348 g/mol. The van der Waals surface area contributed by atoms with Gasteiger partial charge >= 0.3 is 0 Å². The normalized spacial score (nSPS) is 19.6. The molecular formula is C15H19BrN4S. The molecule has 1 atom stereocenters. The molecule has 0 radical (unpaired) electrons. The number of thiophene rings is 1. The van der Waals surface area contributed by atoms with Crippen LogP contribution in [0.5, 0.6) is 0 Å². The number of nitrogens with one attached hydrogen (secondary N) is 1. The summed E-state index contributed by atoms with van der Waals surface area (Å²) in [6, 6.07) is 6.81. The van der Waals surface area contributed by atoms with Gasteiger partial charge in [0.2, 0.25) is 0 Å². The molecule has 0 aliphatic carbocycles. The maximum Gasteiger partial charge on any atom is 0.129 e. The molecule has 1 aliphatic rings. The van der Waals surface area contributed by atoms with Crippen molar-refractivity contribution in [2.45, 2.75) is 32.4 Å². The van der Waals surface area contributed by atoms with E-state index in [0.717, 1.165) is 24.6 Å². The summed E-state index contributed by atoms with van der Waals surface area (Å²) in [5.41, 5.74) is 1.00. The van der Waals surface area contributed by atoms with Crippen LogP contribution in [0.4, 0.5) is 5.82 Å². The van der Waals surface area contributed by atoms with Gasteiger partial charge < -0.3 is 5.32 Å². The second-order valence-electron chi connectivity index (χ2n) is 5.47. The number of piperidine rings is 1. The van der Waals surface area contributed by atoms with Crippen LogP contribution in [0.25, 0.3) is 0 Å². The molecule has 1 aliphatic heterocycles. The van der Waals surface area contributed by atoms with Crippen LogP contribution in [0.15, 0.2) is 28.3 Å². The Bertz CT molecular complexity index is 601. The third kappa shape index (κ3) is 4.25. The van der Waals surface area contributed by atoms with Gasteiger partial charge in [-0.2, -0.15) is 0 Å². The first-order valence-electron chi connectivity index (χ1n) is 7.21. The highest BCUT2D eigenvalue weighted by atomic mass is 79.9. The predicted molar refractivity (Wildman–Crippen MR) is 90.7 cm³/mol. The van der Waals surface area contributed by atoms with E-state index in [0.29, 0.717) is 6.04 Å². The minimum absolute atomic E-state index is 0.469. The fourth-order valence-corrected chi connectivity index (χ4v) is 4.24. The fraction of sp³-hybridized carbons (Fsp3) is 0.467. The van der Waals surface area contributed by atoms with Gasteiger partial charge in [-0.05, 0) is 54.4 Å². The summed E-state index contributed by atoms with van der Waals surface area (Å²) in [4.78, 5) is 12.4. The Morgan fingerprint density at radius 2 is 2.33 bits per heavy atom. The van der Waals surface area contributed by atoms with E-state index in [1.807, 2.05) is 24.3 Å². The first-order chi connectivity index (χ1) is 10.2. The lowest BCUT2D eigenvalue weighted by Gasteiger charge is -2.33. The van der Waals surface area contributed by atoms with Crippen molar-refractivity contribution in [3.05, 3.63) is 38.9 Å². The van der Waals surface area contributed by atoms with Gasteiger partial charge in [-0.3, -0.25) is 4.90 Å². The first-order valence-corrected chi connectivity index (χ1v) is 8.82. The van der Waals surface area contributed by atoms with Crippen molar-refractivity contribution < 1.29 is 0 Å². The molecule has 1 unspecified atom stereocenters. The zero-order valence-corrected chi connectivity index (χ0v) is 14.5. The smallest absolute Gasteiger partial charge is 0.129 e. The number of hydrogen-bond donors (Lipinski definition) is 1. The third-order valence-corrected chi connectivity index (χ3v) is 5.28. The highest BCUT2D eigenvalue weighted by molar-refractivity contribution is 9.11. The van der Waals surface area contributed by atoms with Gasteiger partial charge in [0.15, 0.2) is 0 Å². The standard InChI is InChI=1S/C15H19BrN4S/c1-11-7-15(18-10-17-11)19-12-3-2-6-20(8-12)9-13-4-5-14(16)21-13/h4-5,7,10,12H,2-3,6,8-9H2,1H3,(H,17,18,19). The molecule has 3 heterocycles. The number of halogens is 1. The van der Waals surface area contributed by atoms with Crippen molar-refractivity contribution >= 4 is 33.1 Å². The number of aryl methyl sites for hydroxylation is 1. The average molecular weight is 367 g/mol. The summed E-state index contributed by atoms with van der Waals surface area (Å²) in [5, 5.41) is 3.54. The molecule has 6 heteroatoms. The van der Waals surface area contributed by atoms with E-state index < -0.39 is 0 Å². The average Bonchev–Trinajstić information content (AvgIpc) is 2.84. The van der Waals surface area contributed by atoms with Crippen molar-refractivity contribution in [3.8, 4) is 0 Å². The summed E-state index contributed by atoms with van der Waals surface area (Å²) >= 11 is 5.36. The maximum absolute atomic E-state index is 4.30. The summed E-state index contributed by atoms with van der Waals surface area (Å²) in [6.07, 6.45) is 4.06. The van der Waals surface area contributed by atoms with Gasteiger partial charge in [0, 0.05) is 35.8 Å². The second kappa shape index (κ2) is 6.85. The summed E-state index contributed by atoms with van der Waals surface area (Å²) in [7, 11) is 0. The maximum atomic E-state index is 4.30. The van der Waals surface area contributed by atoms with Gasteiger partial charge in [-0.1, -0.05) is 0 Å². The largest absolute Gasteiger partial charge is 0.366 e. The van der Waals surface area contributed by atoms with Crippen molar-refractivity contribution in [2.24, 2.45) is 0 Å². The molecule has 1 N–H and O–H groups in total. The molecule has 4 nitrogen and oxygen atoms in total. The molecule has 1 fully saturated rings. The highest BCUT2D eigenvalue weighted by Crippen LogP contribution is 2.24. The topological polar surface area (TPSA) is 41.0 Å². The molecule has 0 amide bonds. The minimum Gasteiger partial charge on any atom is -0.366 e. The van der Waals surface area contributed by atoms with Gasteiger partial charge in [0.1, 0.15) is 12.1 Å².